The Morgan fingerprint density at radius 2 is 2.14 bits per heavy atom. The zero-order valence-corrected chi connectivity index (χ0v) is 16.5. The maximum atomic E-state index is 11.0. The molecule has 1 aliphatic heterocycles. The van der Waals surface area contributed by atoms with Gasteiger partial charge in [0.15, 0.2) is 11.6 Å². The lowest BCUT2D eigenvalue weighted by Gasteiger charge is -2.32. The van der Waals surface area contributed by atoms with Crippen LogP contribution in [0, 0.1) is 0 Å². The molecule has 0 radical (unpaired) electrons. The highest BCUT2D eigenvalue weighted by molar-refractivity contribution is 5.80. The minimum absolute atomic E-state index is 0.262. The van der Waals surface area contributed by atoms with E-state index in [0.717, 1.165) is 69.3 Å². The van der Waals surface area contributed by atoms with Crippen LogP contribution in [0.5, 0.6) is 0 Å². The number of aliphatic imine (C=N–C) groups is 1. The maximum absolute atomic E-state index is 11.0. The first-order valence-electron chi connectivity index (χ1n) is 10.00. The Kier molecular flexibility index (Phi) is 7.18. The maximum Gasteiger partial charge on any atom is 0.231 e. The summed E-state index contributed by atoms with van der Waals surface area (Å²) in [5.74, 6) is 1.55. The van der Waals surface area contributed by atoms with Gasteiger partial charge < -0.3 is 16.4 Å². The summed E-state index contributed by atoms with van der Waals surface area (Å²) in [5.41, 5.74) is 6.15. The molecule has 1 amide bonds. The Labute approximate surface area is 165 Å². The summed E-state index contributed by atoms with van der Waals surface area (Å²) in [6.07, 6.45) is 5.68. The number of hydrogen-bond acceptors (Lipinski definition) is 5. The van der Waals surface area contributed by atoms with Gasteiger partial charge >= 0.3 is 0 Å². The monoisotopic (exact) mass is 386 g/mol. The van der Waals surface area contributed by atoms with E-state index in [1.54, 1.807) is 0 Å². The summed E-state index contributed by atoms with van der Waals surface area (Å²) in [7, 11) is 0. The summed E-state index contributed by atoms with van der Waals surface area (Å²) in [4.78, 5) is 17.9. The SMILES string of the molecule is CCNC(=NCCCc1nnc2ccccn12)NC1CCN(CC(N)=O)CC1. The van der Waals surface area contributed by atoms with Crippen molar-refractivity contribution in [1.29, 1.82) is 0 Å². The van der Waals surface area contributed by atoms with Gasteiger partial charge in [-0.05, 0) is 38.3 Å². The van der Waals surface area contributed by atoms with Crippen LogP contribution >= 0.6 is 0 Å². The van der Waals surface area contributed by atoms with Gasteiger partial charge in [-0.15, -0.1) is 10.2 Å². The van der Waals surface area contributed by atoms with Crippen LogP contribution in [0.3, 0.4) is 0 Å². The van der Waals surface area contributed by atoms with Gasteiger partial charge in [-0.1, -0.05) is 6.07 Å². The number of nitrogens with two attached hydrogens (primary N) is 1. The lowest BCUT2D eigenvalue weighted by Crippen LogP contribution is -2.49. The first-order chi connectivity index (χ1) is 13.7. The Hall–Kier alpha value is -2.68. The predicted molar refractivity (Wildman–Crippen MR) is 109 cm³/mol. The van der Waals surface area contributed by atoms with Crippen LogP contribution < -0.4 is 16.4 Å². The molecule has 0 aliphatic carbocycles. The number of amides is 1. The molecule has 152 valence electrons. The third-order valence-electron chi connectivity index (χ3n) is 4.86. The number of carbonyl (C=O) groups is 1. The molecule has 3 rings (SSSR count). The number of carbonyl (C=O) groups excluding carboxylic acids is 1. The van der Waals surface area contributed by atoms with Gasteiger partial charge in [0, 0.05) is 44.8 Å². The zero-order valence-electron chi connectivity index (χ0n) is 16.5. The van der Waals surface area contributed by atoms with E-state index in [-0.39, 0.29) is 5.91 Å². The average molecular weight is 387 g/mol. The predicted octanol–water partition coefficient (Wildman–Crippen LogP) is 0.167. The highest BCUT2D eigenvalue weighted by atomic mass is 16.1. The van der Waals surface area contributed by atoms with E-state index >= 15 is 0 Å². The standard InChI is InChI=1S/C19H30N8O/c1-2-21-19(23-15-8-12-26(13-9-15)14-16(20)28)22-10-5-7-18-25-24-17-6-3-4-11-27(17)18/h3-4,6,11,15H,2,5,7-10,12-14H2,1H3,(H2,20,28)(H2,21,22,23). The van der Waals surface area contributed by atoms with Crippen LogP contribution in [-0.4, -0.2) is 70.1 Å². The van der Waals surface area contributed by atoms with E-state index in [4.69, 9.17) is 10.7 Å². The van der Waals surface area contributed by atoms with E-state index in [2.05, 4.69) is 32.7 Å². The topological polar surface area (TPSA) is 113 Å². The number of nitrogens with zero attached hydrogens (tertiary/aromatic N) is 5. The second-order valence-electron chi connectivity index (χ2n) is 7.07. The molecule has 0 bridgehead atoms. The van der Waals surface area contributed by atoms with Crippen molar-refractivity contribution in [3.05, 3.63) is 30.2 Å². The number of rotatable bonds is 8. The smallest absolute Gasteiger partial charge is 0.231 e. The molecular weight excluding hydrogens is 356 g/mol. The number of likely N-dealkylation sites (tertiary alicyclic amines) is 1. The van der Waals surface area contributed by atoms with Crippen molar-refractivity contribution >= 4 is 17.5 Å². The molecule has 0 atom stereocenters. The molecule has 4 N–H and O–H groups in total. The van der Waals surface area contributed by atoms with Gasteiger partial charge in [0.2, 0.25) is 5.91 Å². The molecule has 3 heterocycles. The third-order valence-corrected chi connectivity index (χ3v) is 4.86. The van der Waals surface area contributed by atoms with Gasteiger partial charge in [0.05, 0.1) is 6.54 Å². The normalized spacial score (nSPS) is 16.4. The van der Waals surface area contributed by atoms with Crippen molar-refractivity contribution in [1.82, 2.24) is 30.1 Å². The molecule has 9 heteroatoms. The molecule has 1 fully saturated rings. The van der Waals surface area contributed by atoms with Gasteiger partial charge in [-0.3, -0.25) is 19.1 Å². The second kappa shape index (κ2) is 10.0. The number of fused-ring (bicyclic) bond motifs is 1. The summed E-state index contributed by atoms with van der Waals surface area (Å²) >= 11 is 0. The quantitative estimate of drug-likeness (QED) is 0.339. The molecule has 0 spiro atoms. The highest BCUT2D eigenvalue weighted by Gasteiger charge is 2.20. The average Bonchev–Trinajstić information content (AvgIpc) is 3.09. The molecule has 2 aromatic rings. The van der Waals surface area contributed by atoms with Crippen molar-refractivity contribution in [2.75, 3.05) is 32.7 Å². The lowest BCUT2D eigenvalue weighted by atomic mass is 10.1. The fourth-order valence-electron chi connectivity index (χ4n) is 3.46. The molecular formula is C19H30N8O. The fourth-order valence-corrected chi connectivity index (χ4v) is 3.46. The Bertz CT molecular complexity index is 794. The van der Waals surface area contributed by atoms with Gasteiger partial charge in [0.1, 0.15) is 5.82 Å². The first-order valence-corrected chi connectivity index (χ1v) is 10.00. The minimum Gasteiger partial charge on any atom is -0.369 e. The lowest BCUT2D eigenvalue weighted by molar-refractivity contribution is -0.119. The molecule has 2 aromatic heterocycles. The largest absolute Gasteiger partial charge is 0.369 e. The number of hydrogen-bond donors (Lipinski definition) is 3. The van der Waals surface area contributed by atoms with Gasteiger partial charge in [-0.2, -0.15) is 0 Å². The van der Waals surface area contributed by atoms with Crippen LogP contribution in [0.4, 0.5) is 0 Å². The molecule has 28 heavy (non-hydrogen) atoms. The van der Waals surface area contributed by atoms with Crippen LogP contribution in [0.1, 0.15) is 32.0 Å². The third kappa shape index (κ3) is 5.66. The van der Waals surface area contributed by atoms with E-state index < -0.39 is 0 Å². The number of piperidine rings is 1. The highest BCUT2D eigenvalue weighted by Crippen LogP contribution is 2.10. The van der Waals surface area contributed by atoms with Crippen molar-refractivity contribution < 1.29 is 4.79 Å². The number of guanidine groups is 1. The van der Waals surface area contributed by atoms with Gasteiger partial charge in [-0.25, -0.2) is 0 Å². The Morgan fingerprint density at radius 3 is 2.89 bits per heavy atom. The number of primary amides is 1. The zero-order chi connectivity index (χ0) is 19.8. The molecule has 1 saturated heterocycles. The summed E-state index contributed by atoms with van der Waals surface area (Å²) in [6, 6.07) is 6.27. The first kappa shape index (κ1) is 20.1. The molecule has 0 aromatic carbocycles. The summed E-state index contributed by atoms with van der Waals surface area (Å²) in [6.45, 7) is 5.70. The number of aromatic nitrogens is 3. The number of nitrogens with one attached hydrogen (secondary N) is 2. The van der Waals surface area contributed by atoms with E-state index in [1.807, 2.05) is 28.8 Å². The summed E-state index contributed by atoms with van der Waals surface area (Å²) < 4.78 is 2.02. The van der Waals surface area contributed by atoms with Crippen molar-refractivity contribution in [3.63, 3.8) is 0 Å². The van der Waals surface area contributed by atoms with Crippen LogP contribution in [0.2, 0.25) is 0 Å². The van der Waals surface area contributed by atoms with E-state index in [1.165, 1.54) is 0 Å². The summed E-state index contributed by atoms with van der Waals surface area (Å²) in [5, 5.41) is 15.3. The van der Waals surface area contributed by atoms with Gasteiger partial charge in [0.25, 0.3) is 0 Å². The molecule has 0 unspecified atom stereocenters. The van der Waals surface area contributed by atoms with Crippen molar-refractivity contribution in [2.45, 2.75) is 38.6 Å². The molecule has 9 nitrogen and oxygen atoms in total. The Morgan fingerprint density at radius 1 is 1.32 bits per heavy atom. The van der Waals surface area contributed by atoms with Crippen molar-refractivity contribution in [2.24, 2.45) is 10.7 Å². The van der Waals surface area contributed by atoms with E-state index in [9.17, 15) is 4.79 Å². The second-order valence-corrected chi connectivity index (χ2v) is 7.07. The van der Waals surface area contributed by atoms with Crippen molar-refractivity contribution in [3.8, 4) is 0 Å². The fraction of sp³-hybridized carbons (Fsp3) is 0.579. The number of pyridine rings is 1. The van der Waals surface area contributed by atoms with Crippen LogP contribution in [0.15, 0.2) is 29.4 Å². The van der Waals surface area contributed by atoms with Crippen LogP contribution in [0.25, 0.3) is 5.65 Å². The molecule has 1 aliphatic rings. The minimum atomic E-state index is -0.262. The number of aryl methyl sites for hydroxylation is 1. The Balaban J connectivity index is 1.46. The van der Waals surface area contributed by atoms with E-state index in [0.29, 0.717) is 12.6 Å². The van der Waals surface area contributed by atoms with Crippen LogP contribution in [-0.2, 0) is 11.2 Å². The molecule has 0 saturated carbocycles.